The topological polar surface area (TPSA) is 152 Å². The van der Waals surface area contributed by atoms with E-state index >= 15 is 0 Å². The van der Waals surface area contributed by atoms with Gasteiger partial charge in [-0.3, -0.25) is 4.79 Å². The van der Waals surface area contributed by atoms with Crippen LogP contribution in [0.5, 0.6) is 0 Å². The molecule has 0 radical (unpaired) electrons. The number of carboxylic acid groups (broad SMARTS) is 3. The molecule has 0 aliphatic carbocycles. The first kappa shape index (κ1) is 19.0. The van der Waals surface area contributed by atoms with Gasteiger partial charge in [-0.05, 0) is 0 Å². The van der Waals surface area contributed by atoms with E-state index in [0.29, 0.717) is 0 Å². The first-order chi connectivity index (χ1) is 5.88. The van der Waals surface area contributed by atoms with E-state index in [2.05, 4.69) is 0 Å². The number of carbonyl (C=O) groups is 3. The average molecular weight is 220 g/mol. The van der Waals surface area contributed by atoms with Crippen molar-refractivity contribution < 1.29 is 39.9 Å². The Kier molecular flexibility index (Phi) is 14.1. The summed E-state index contributed by atoms with van der Waals surface area (Å²) < 4.78 is 0. The monoisotopic (exact) mass is 220 g/mol. The number of carboxylic acids is 2. The van der Waals surface area contributed by atoms with Crippen LogP contribution < -0.4 is 0 Å². The Labute approximate surface area is 100 Å². The third-order valence-corrected chi connectivity index (χ3v) is 0.805. The maximum absolute atomic E-state index is 9.77. The second kappa shape index (κ2) is 10.4. The summed E-state index contributed by atoms with van der Waals surface area (Å²) in [7, 11) is 0. The summed E-state index contributed by atoms with van der Waals surface area (Å²) in [5.41, 5.74) is 0. The van der Waals surface area contributed by atoms with E-state index in [1.807, 2.05) is 0 Å². The molecule has 0 aromatic rings. The van der Waals surface area contributed by atoms with Crippen LogP contribution in [0.2, 0.25) is 0 Å². The Hall–Kier alpha value is -0.670. The number of hydrogen-bond donors (Lipinski definition) is 5. The van der Waals surface area contributed by atoms with E-state index in [9.17, 15) is 9.59 Å². The SMILES string of the molecule is O=C(O)C(O)C(O)C(=O)O.O=CO.[NaH]. The zero-order valence-electron chi connectivity index (χ0n) is 6.19. The molecular formula is C5H9NaO8. The second-order valence-electron chi connectivity index (χ2n) is 1.67. The summed E-state index contributed by atoms with van der Waals surface area (Å²) in [5, 5.41) is 39.4. The fourth-order valence-electron chi connectivity index (χ4n) is 0.270. The van der Waals surface area contributed by atoms with Crippen molar-refractivity contribution in [1.29, 1.82) is 0 Å². The quantitative estimate of drug-likeness (QED) is 0.248. The van der Waals surface area contributed by atoms with Crippen molar-refractivity contribution in [3.63, 3.8) is 0 Å². The van der Waals surface area contributed by atoms with Gasteiger partial charge >= 0.3 is 41.5 Å². The molecule has 14 heavy (non-hydrogen) atoms. The molecule has 2 atom stereocenters. The summed E-state index contributed by atoms with van der Waals surface area (Å²) in [5.74, 6) is -3.54. The van der Waals surface area contributed by atoms with Crippen molar-refractivity contribution in [3.8, 4) is 0 Å². The molecule has 0 saturated heterocycles. The molecule has 0 aliphatic rings. The van der Waals surface area contributed by atoms with Crippen molar-refractivity contribution >= 4 is 48.0 Å². The minimum absolute atomic E-state index is 0. The van der Waals surface area contributed by atoms with Gasteiger partial charge in [0, 0.05) is 0 Å². The number of rotatable bonds is 3. The van der Waals surface area contributed by atoms with E-state index in [0.717, 1.165) is 0 Å². The molecular weight excluding hydrogens is 211 g/mol. The Bertz CT molecular complexity index is 174. The normalized spacial score (nSPS) is 12.1. The van der Waals surface area contributed by atoms with E-state index in [1.54, 1.807) is 0 Å². The molecule has 78 valence electrons. The molecule has 0 saturated carbocycles. The summed E-state index contributed by atoms with van der Waals surface area (Å²) >= 11 is 0. The van der Waals surface area contributed by atoms with Crippen LogP contribution >= 0.6 is 0 Å². The molecule has 0 aromatic heterocycles. The first-order valence-corrected chi connectivity index (χ1v) is 2.78. The number of aliphatic hydroxyl groups excluding tert-OH is 2. The molecule has 0 aromatic carbocycles. The fourth-order valence-corrected chi connectivity index (χ4v) is 0.270. The van der Waals surface area contributed by atoms with Crippen molar-refractivity contribution in [3.05, 3.63) is 0 Å². The van der Waals surface area contributed by atoms with Crippen LogP contribution in [0.1, 0.15) is 0 Å². The van der Waals surface area contributed by atoms with Gasteiger partial charge in [-0.25, -0.2) is 9.59 Å². The van der Waals surface area contributed by atoms with Gasteiger partial charge in [-0.1, -0.05) is 0 Å². The van der Waals surface area contributed by atoms with Crippen LogP contribution in [0.15, 0.2) is 0 Å². The van der Waals surface area contributed by atoms with Gasteiger partial charge in [0.15, 0.2) is 12.2 Å². The molecule has 5 N–H and O–H groups in total. The van der Waals surface area contributed by atoms with Crippen LogP contribution in [0.4, 0.5) is 0 Å². The Morgan fingerprint density at radius 3 is 1.21 bits per heavy atom. The molecule has 0 heterocycles. The molecule has 0 fully saturated rings. The predicted octanol–water partition coefficient (Wildman–Crippen LogP) is -3.07. The summed E-state index contributed by atoms with van der Waals surface area (Å²) in [6.45, 7) is -0.250. The average Bonchev–Trinajstić information content (AvgIpc) is 2.03. The van der Waals surface area contributed by atoms with Crippen LogP contribution in [-0.2, 0) is 14.4 Å². The molecule has 9 heteroatoms. The Balaban J connectivity index is -0.000000267. The van der Waals surface area contributed by atoms with E-state index in [-0.39, 0.29) is 36.0 Å². The van der Waals surface area contributed by atoms with Gasteiger partial charge < -0.3 is 25.5 Å². The van der Waals surface area contributed by atoms with Crippen molar-refractivity contribution in [2.24, 2.45) is 0 Å². The van der Waals surface area contributed by atoms with Gasteiger partial charge in [-0.15, -0.1) is 0 Å². The van der Waals surface area contributed by atoms with Crippen LogP contribution in [-0.4, -0.2) is 85.7 Å². The number of aliphatic hydroxyl groups is 2. The van der Waals surface area contributed by atoms with E-state index in [4.69, 9.17) is 30.3 Å². The van der Waals surface area contributed by atoms with Crippen LogP contribution in [0, 0.1) is 0 Å². The molecule has 0 bridgehead atoms. The number of aliphatic carboxylic acids is 2. The van der Waals surface area contributed by atoms with Gasteiger partial charge in [0.25, 0.3) is 6.47 Å². The molecule has 0 amide bonds. The molecule has 0 spiro atoms. The zero-order valence-corrected chi connectivity index (χ0v) is 6.19. The number of hydrogen-bond acceptors (Lipinski definition) is 5. The molecule has 2 unspecified atom stereocenters. The third kappa shape index (κ3) is 9.42. The van der Waals surface area contributed by atoms with Crippen molar-refractivity contribution in [1.82, 2.24) is 0 Å². The maximum atomic E-state index is 9.77. The van der Waals surface area contributed by atoms with Gasteiger partial charge in [0.2, 0.25) is 0 Å². The fraction of sp³-hybridized carbons (Fsp3) is 0.400. The standard InChI is InChI=1S/C4H6O6.CH2O2.Na.H/c5-1(3(7)8)2(6)4(9)10;2-1-3;;/h1-2,5-6H,(H,7,8)(H,9,10);1H,(H,2,3);;. The van der Waals surface area contributed by atoms with Gasteiger partial charge in [0.05, 0.1) is 0 Å². The van der Waals surface area contributed by atoms with Crippen molar-refractivity contribution in [2.45, 2.75) is 12.2 Å². The van der Waals surface area contributed by atoms with Crippen molar-refractivity contribution in [2.75, 3.05) is 0 Å². The Morgan fingerprint density at radius 2 is 1.14 bits per heavy atom. The Morgan fingerprint density at radius 1 is 1.00 bits per heavy atom. The van der Waals surface area contributed by atoms with Gasteiger partial charge in [0.1, 0.15) is 0 Å². The molecule has 0 aliphatic heterocycles. The van der Waals surface area contributed by atoms with Gasteiger partial charge in [-0.2, -0.15) is 0 Å². The van der Waals surface area contributed by atoms with Crippen LogP contribution in [0.3, 0.4) is 0 Å². The molecule has 8 nitrogen and oxygen atoms in total. The predicted molar refractivity (Wildman–Crippen MR) is 43.1 cm³/mol. The molecule has 0 rings (SSSR count). The van der Waals surface area contributed by atoms with E-state index in [1.165, 1.54) is 0 Å². The second-order valence-corrected chi connectivity index (χ2v) is 1.67. The minimum atomic E-state index is -2.27. The van der Waals surface area contributed by atoms with E-state index < -0.39 is 24.1 Å². The van der Waals surface area contributed by atoms with Crippen LogP contribution in [0.25, 0.3) is 0 Å². The zero-order chi connectivity index (χ0) is 11.0. The summed E-state index contributed by atoms with van der Waals surface area (Å²) in [4.78, 5) is 27.9. The first-order valence-electron chi connectivity index (χ1n) is 2.78. The third-order valence-electron chi connectivity index (χ3n) is 0.805. The summed E-state index contributed by atoms with van der Waals surface area (Å²) in [6, 6.07) is 0. The summed E-state index contributed by atoms with van der Waals surface area (Å²) in [6.07, 6.45) is -4.53.